The molecular weight excluding hydrogens is 343 g/mol. The van der Waals surface area contributed by atoms with Crippen molar-refractivity contribution in [3.63, 3.8) is 0 Å². The van der Waals surface area contributed by atoms with Crippen molar-refractivity contribution in [2.75, 3.05) is 21.1 Å². The van der Waals surface area contributed by atoms with Gasteiger partial charge in [0, 0.05) is 5.56 Å². The minimum absolute atomic E-state index is 0.802. The van der Waals surface area contributed by atoms with Crippen LogP contribution in [0.25, 0.3) is 0 Å². The van der Waals surface area contributed by atoms with Crippen LogP contribution in [0, 0.1) is 0 Å². The predicted octanol–water partition coefficient (Wildman–Crippen LogP) is 1.63. The van der Waals surface area contributed by atoms with Crippen molar-refractivity contribution in [1.82, 2.24) is 9.88 Å². The Labute approximate surface area is 128 Å². The van der Waals surface area contributed by atoms with E-state index in [9.17, 15) is 0 Å². The predicted molar refractivity (Wildman–Crippen MR) is 80.0 cm³/mol. The molecule has 1 aromatic carbocycles. The molecule has 0 atom stereocenters. The van der Waals surface area contributed by atoms with Gasteiger partial charge < -0.3 is 9.64 Å². The first-order valence-electron chi connectivity index (χ1n) is 6.03. The van der Waals surface area contributed by atoms with Crippen LogP contribution in [0.4, 0.5) is 0 Å². The molecule has 0 spiro atoms. The van der Waals surface area contributed by atoms with Crippen molar-refractivity contribution < 1.29 is 4.74 Å². The zero-order chi connectivity index (χ0) is 14.1. The van der Waals surface area contributed by atoms with Gasteiger partial charge in [-0.2, -0.15) is 0 Å². The Morgan fingerprint density at radius 2 is 1.79 bits per heavy atom. The first-order valence-corrected chi connectivity index (χ1v) is 7.45. The average Bonchev–Trinajstić information content (AvgIpc) is 2.32. The number of para-hydroxylation sites is 1. The van der Waals surface area contributed by atoms with Gasteiger partial charge in [-0.05, 0) is 27.2 Å². The first-order chi connectivity index (χ1) is 9.09. The number of fused-ring (bicyclic) bond motifs is 1. The molecule has 0 bridgehead atoms. The van der Waals surface area contributed by atoms with E-state index in [4.69, 9.17) is 4.74 Å². The van der Waals surface area contributed by atoms with Gasteiger partial charge in [-0.3, -0.25) is 0 Å². The topological polar surface area (TPSA) is 25.4 Å². The van der Waals surface area contributed by atoms with E-state index in [0.29, 0.717) is 0 Å². The van der Waals surface area contributed by atoms with E-state index < -0.39 is 0 Å². The molecule has 19 heavy (non-hydrogen) atoms. The van der Waals surface area contributed by atoms with Gasteiger partial charge in [0.05, 0.1) is 0 Å². The normalized spacial score (nSPS) is 10.8. The van der Waals surface area contributed by atoms with Gasteiger partial charge in [-0.25, -0.2) is 0 Å². The van der Waals surface area contributed by atoms with Crippen molar-refractivity contribution >= 4 is 26.1 Å². The number of pyridine rings is 1. The monoisotopic (exact) mass is 363 g/mol. The first kappa shape index (κ1) is 16.0. The van der Waals surface area contributed by atoms with Gasteiger partial charge in [0.1, 0.15) is 12.4 Å². The fourth-order valence-corrected chi connectivity index (χ4v) is 1.69. The molecule has 3 nitrogen and oxygen atoms in total. The van der Waals surface area contributed by atoms with Crippen molar-refractivity contribution in [3.8, 4) is 5.75 Å². The van der Waals surface area contributed by atoms with E-state index in [1.165, 1.54) is 31.7 Å². The Hall–Kier alpha value is -1.07. The van der Waals surface area contributed by atoms with E-state index in [-0.39, 0.29) is 0 Å². The molecule has 0 saturated carbocycles. The van der Waals surface area contributed by atoms with Crippen LogP contribution in [0.1, 0.15) is 5.56 Å². The number of hydrogen-bond donors (Lipinski definition) is 0. The fraction of sp³-hybridized carbons (Fsp3) is 0.267. The van der Waals surface area contributed by atoms with Crippen LogP contribution in [-0.2, 0) is 6.61 Å². The summed E-state index contributed by atoms with van der Waals surface area (Å²) in [5.41, 5.74) is 1.33. The van der Waals surface area contributed by atoms with Crippen LogP contribution in [0.15, 0.2) is 48.8 Å². The average molecular weight is 362 g/mol. The molecule has 0 fully saturated rings. The molecular formula is C15H19N2OSn. The summed E-state index contributed by atoms with van der Waals surface area (Å²) >= 11 is 1.43. The molecule has 0 N–H and O–H groups in total. The summed E-state index contributed by atoms with van der Waals surface area (Å²) in [5.74, 6) is 1.05. The third-order valence-corrected chi connectivity index (χ3v) is 2.86. The molecule has 1 aliphatic rings. The second kappa shape index (κ2) is 8.93. The van der Waals surface area contributed by atoms with Gasteiger partial charge in [0.25, 0.3) is 0 Å². The van der Waals surface area contributed by atoms with Gasteiger partial charge >= 0.3 is 55.6 Å². The molecule has 0 unspecified atom stereocenters. The summed E-state index contributed by atoms with van der Waals surface area (Å²) in [7, 11) is 6.00. The SMILES string of the molecule is CN(C)C.[Sn][c]1cccnc1.c1ccc2c(c1)CO2. The van der Waals surface area contributed by atoms with Crippen molar-refractivity contribution in [2.45, 2.75) is 6.61 Å². The Morgan fingerprint density at radius 1 is 1.11 bits per heavy atom. The Balaban J connectivity index is 0.000000152. The molecule has 3 radical (unpaired) electrons. The second-order valence-corrected chi connectivity index (χ2v) is 6.13. The molecule has 0 aliphatic carbocycles. The summed E-state index contributed by atoms with van der Waals surface area (Å²) in [6, 6.07) is 12.1. The zero-order valence-corrected chi connectivity index (χ0v) is 14.5. The Bertz CT molecular complexity index is 449. The zero-order valence-electron chi connectivity index (χ0n) is 11.6. The molecule has 0 saturated heterocycles. The number of rotatable bonds is 0. The molecule has 1 aliphatic heterocycles. The molecule has 0 amide bonds. The maximum atomic E-state index is 5.08. The summed E-state index contributed by atoms with van der Waals surface area (Å²) in [5, 5.41) is 0. The smallest absolute Gasteiger partial charge is 0.126 e. The summed E-state index contributed by atoms with van der Waals surface area (Å²) in [6.45, 7) is 0.802. The molecule has 1 aromatic heterocycles. The fourth-order valence-electron chi connectivity index (χ4n) is 1.20. The van der Waals surface area contributed by atoms with E-state index in [1.807, 2.05) is 56.5 Å². The largest absolute Gasteiger partial charge is 0.488 e. The standard InChI is InChI=1S/C7H6O.C5H4N.C3H9N.Sn/c1-2-4-7-6(3-1)5-8-7;1-2-4-6-5-3-1;1-4(2)3;/h1-4H,5H2;1-2,4-5H;1-3H3;. The number of hydrogen-bond acceptors (Lipinski definition) is 3. The van der Waals surface area contributed by atoms with Gasteiger partial charge in [0.2, 0.25) is 0 Å². The minimum Gasteiger partial charge on any atom is -0.488 e. The van der Waals surface area contributed by atoms with Crippen LogP contribution >= 0.6 is 0 Å². The quantitative estimate of drug-likeness (QED) is 0.667. The maximum Gasteiger partial charge on any atom is 0.126 e. The molecule has 4 heteroatoms. The van der Waals surface area contributed by atoms with E-state index >= 15 is 0 Å². The molecule has 99 valence electrons. The molecule has 3 rings (SSSR count). The number of benzene rings is 1. The van der Waals surface area contributed by atoms with Crippen LogP contribution < -0.4 is 8.32 Å². The minimum atomic E-state index is 0.802. The van der Waals surface area contributed by atoms with E-state index in [0.717, 1.165) is 12.4 Å². The van der Waals surface area contributed by atoms with Crippen LogP contribution in [0.2, 0.25) is 0 Å². The summed E-state index contributed by atoms with van der Waals surface area (Å²) in [6.07, 6.45) is 3.66. The third kappa shape index (κ3) is 7.18. The Morgan fingerprint density at radius 3 is 2.05 bits per heavy atom. The van der Waals surface area contributed by atoms with E-state index in [1.54, 1.807) is 6.20 Å². The summed E-state index contributed by atoms with van der Waals surface area (Å²) in [4.78, 5) is 5.91. The van der Waals surface area contributed by atoms with Crippen LogP contribution in [0.3, 0.4) is 0 Å². The second-order valence-electron chi connectivity index (χ2n) is 4.48. The summed E-state index contributed by atoms with van der Waals surface area (Å²) < 4.78 is 6.38. The van der Waals surface area contributed by atoms with Crippen molar-refractivity contribution in [2.24, 2.45) is 0 Å². The third-order valence-electron chi connectivity index (χ3n) is 2.02. The van der Waals surface area contributed by atoms with Crippen molar-refractivity contribution in [1.29, 1.82) is 0 Å². The van der Waals surface area contributed by atoms with Crippen LogP contribution in [-0.4, -0.2) is 53.6 Å². The van der Waals surface area contributed by atoms with Crippen LogP contribution in [0.5, 0.6) is 5.75 Å². The van der Waals surface area contributed by atoms with Gasteiger partial charge in [0.15, 0.2) is 0 Å². The Kier molecular flexibility index (Phi) is 7.51. The number of ether oxygens (including phenoxy) is 1. The molecule has 2 aromatic rings. The van der Waals surface area contributed by atoms with E-state index in [2.05, 4.69) is 17.1 Å². The molecule has 2 heterocycles. The van der Waals surface area contributed by atoms with Gasteiger partial charge in [-0.1, -0.05) is 18.2 Å². The van der Waals surface area contributed by atoms with Gasteiger partial charge in [-0.15, -0.1) is 0 Å². The number of nitrogens with zero attached hydrogens (tertiary/aromatic N) is 2. The maximum absolute atomic E-state index is 5.08. The number of aromatic nitrogens is 1. The van der Waals surface area contributed by atoms with Crippen molar-refractivity contribution in [3.05, 3.63) is 54.4 Å².